The number of nitrogens with zero attached hydrogens (tertiary/aromatic N) is 1. The van der Waals surface area contributed by atoms with Crippen molar-refractivity contribution in [2.75, 3.05) is 13.1 Å². The van der Waals surface area contributed by atoms with Crippen LogP contribution in [0.3, 0.4) is 0 Å². The molecule has 0 bridgehead atoms. The third-order valence-corrected chi connectivity index (χ3v) is 6.09. The van der Waals surface area contributed by atoms with Crippen LogP contribution in [0.25, 0.3) is 0 Å². The normalized spacial score (nSPS) is 27.9. The van der Waals surface area contributed by atoms with Crippen LogP contribution in [-0.2, 0) is 16.1 Å². The molecular formula is C20H24N4O5. The first kappa shape index (κ1) is 19.7. The van der Waals surface area contributed by atoms with E-state index in [9.17, 15) is 24.3 Å². The fraction of sp³-hybridized carbons (Fsp3) is 0.500. The molecule has 4 amide bonds. The third-order valence-electron chi connectivity index (χ3n) is 6.09. The lowest BCUT2D eigenvalue weighted by atomic mass is 9.94. The summed E-state index contributed by atoms with van der Waals surface area (Å²) in [4.78, 5) is 50.0. The summed E-state index contributed by atoms with van der Waals surface area (Å²) < 4.78 is 0. The number of hydrogen-bond donors (Lipinski definition) is 4. The minimum absolute atomic E-state index is 0.0919. The number of nitrogens with one attached hydrogen (secondary N) is 3. The Morgan fingerprint density at radius 2 is 2.00 bits per heavy atom. The molecule has 0 aliphatic carbocycles. The molecule has 0 spiro atoms. The second-order valence-corrected chi connectivity index (χ2v) is 7.96. The number of fused-ring (bicyclic) bond motifs is 1. The molecular weight excluding hydrogens is 376 g/mol. The molecule has 9 nitrogen and oxygen atoms in total. The summed E-state index contributed by atoms with van der Waals surface area (Å²) in [5.41, 5.74) is 0.505. The fourth-order valence-corrected chi connectivity index (χ4v) is 4.16. The maximum atomic E-state index is 12.9. The first-order valence-corrected chi connectivity index (χ1v) is 9.81. The molecule has 9 heteroatoms. The number of imide groups is 2. The van der Waals surface area contributed by atoms with Gasteiger partial charge in [0.2, 0.25) is 11.8 Å². The van der Waals surface area contributed by atoms with Crippen molar-refractivity contribution < 1.29 is 24.3 Å². The Balaban J connectivity index is 1.48. The van der Waals surface area contributed by atoms with Gasteiger partial charge in [0.05, 0.1) is 16.7 Å². The smallest absolute Gasteiger partial charge is 0.262 e. The summed E-state index contributed by atoms with van der Waals surface area (Å²) in [7, 11) is 0. The van der Waals surface area contributed by atoms with Gasteiger partial charge in [-0.25, -0.2) is 0 Å². The highest BCUT2D eigenvalue weighted by molar-refractivity contribution is 6.23. The number of aliphatic hydroxyl groups is 1. The summed E-state index contributed by atoms with van der Waals surface area (Å²) in [6.45, 7) is 3.64. The topological polar surface area (TPSA) is 128 Å². The van der Waals surface area contributed by atoms with Crippen LogP contribution in [-0.4, -0.2) is 64.4 Å². The minimum Gasteiger partial charge on any atom is -0.387 e. The molecule has 3 aliphatic rings. The van der Waals surface area contributed by atoms with Crippen LogP contribution in [0.15, 0.2) is 18.2 Å². The molecule has 3 aliphatic heterocycles. The van der Waals surface area contributed by atoms with Crippen LogP contribution in [0.4, 0.5) is 0 Å². The molecule has 2 saturated heterocycles. The molecule has 154 valence electrons. The van der Waals surface area contributed by atoms with Crippen LogP contribution in [0.5, 0.6) is 0 Å². The highest BCUT2D eigenvalue weighted by Gasteiger charge is 2.44. The van der Waals surface area contributed by atoms with Gasteiger partial charge >= 0.3 is 0 Å². The number of benzene rings is 1. The van der Waals surface area contributed by atoms with Crippen molar-refractivity contribution in [3.05, 3.63) is 34.9 Å². The van der Waals surface area contributed by atoms with Gasteiger partial charge in [0.25, 0.3) is 11.8 Å². The van der Waals surface area contributed by atoms with Crippen molar-refractivity contribution in [3.63, 3.8) is 0 Å². The van der Waals surface area contributed by atoms with Gasteiger partial charge in [-0.1, -0.05) is 6.07 Å². The maximum Gasteiger partial charge on any atom is 0.262 e. The van der Waals surface area contributed by atoms with E-state index in [1.807, 2.05) is 6.92 Å². The van der Waals surface area contributed by atoms with Gasteiger partial charge in [-0.2, -0.15) is 0 Å². The van der Waals surface area contributed by atoms with Gasteiger partial charge in [0.15, 0.2) is 0 Å². The third kappa shape index (κ3) is 3.45. The highest BCUT2D eigenvalue weighted by Crippen LogP contribution is 2.28. The largest absolute Gasteiger partial charge is 0.387 e. The van der Waals surface area contributed by atoms with E-state index in [4.69, 9.17) is 0 Å². The molecule has 1 aromatic carbocycles. The van der Waals surface area contributed by atoms with Crippen LogP contribution >= 0.6 is 0 Å². The lowest BCUT2D eigenvalue weighted by Crippen LogP contribution is -2.54. The van der Waals surface area contributed by atoms with E-state index in [0.717, 1.165) is 17.0 Å². The number of amides is 4. The lowest BCUT2D eigenvalue weighted by molar-refractivity contribution is -0.136. The van der Waals surface area contributed by atoms with E-state index < -0.39 is 35.3 Å². The van der Waals surface area contributed by atoms with E-state index in [1.165, 1.54) is 0 Å². The Hall–Kier alpha value is -2.62. The molecule has 0 radical (unpaired) electrons. The van der Waals surface area contributed by atoms with E-state index in [2.05, 4.69) is 16.0 Å². The van der Waals surface area contributed by atoms with Crippen LogP contribution in [0, 0.1) is 0 Å². The number of hydrogen-bond acceptors (Lipinski definition) is 7. The molecule has 2 fully saturated rings. The quantitative estimate of drug-likeness (QED) is 0.481. The SMILES string of the molecule is CC(NCc1ccc2c(c1)C(=O)N(C1CCC(=O)NC1=O)C2=O)C1(O)CCNC1. The van der Waals surface area contributed by atoms with Crippen molar-refractivity contribution in [1.29, 1.82) is 0 Å². The highest BCUT2D eigenvalue weighted by atomic mass is 16.3. The van der Waals surface area contributed by atoms with Crippen LogP contribution < -0.4 is 16.0 Å². The van der Waals surface area contributed by atoms with Crippen LogP contribution in [0.1, 0.15) is 52.5 Å². The zero-order chi connectivity index (χ0) is 20.8. The monoisotopic (exact) mass is 400 g/mol. The molecule has 1 aromatic rings. The number of carbonyl (C=O) groups is 4. The van der Waals surface area contributed by atoms with Gasteiger partial charge in [-0.05, 0) is 44.0 Å². The number of piperidine rings is 1. The van der Waals surface area contributed by atoms with Gasteiger partial charge in [-0.3, -0.25) is 29.4 Å². The van der Waals surface area contributed by atoms with Crippen molar-refractivity contribution in [3.8, 4) is 0 Å². The second kappa shape index (κ2) is 7.33. The molecule has 4 N–H and O–H groups in total. The van der Waals surface area contributed by atoms with Gasteiger partial charge < -0.3 is 15.7 Å². The molecule has 0 aromatic heterocycles. The predicted molar refractivity (Wildman–Crippen MR) is 102 cm³/mol. The summed E-state index contributed by atoms with van der Waals surface area (Å²) in [5.74, 6) is -2.05. The Bertz CT molecular complexity index is 893. The van der Waals surface area contributed by atoms with Crippen LogP contribution in [0.2, 0.25) is 0 Å². The zero-order valence-corrected chi connectivity index (χ0v) is 16.2. The lowest BCUT2D eigenvalue weighted by Gasteiger charge is -2.30. The Morgan fingerprint density at radius 3 is 2.69 bits per heavy atom. The number of β-amino-alcohol motifs (C(OH)–C–C–N with tert-alkyl or cyclic N) is 1. The zero-order valence-electron chi connectivity index (χ0n) is 16.2. The Labute approximate surface area is 167 Å². The molecule has 3 atom stereocenters. The molecule has 3 heterocycles. The average molecular weight is 400 g/mol. The summed E-state index contributed by atoms with van der Waals surface area (Å²) >= 11 is 0. The van der Waals surface area contributed by atoms with Crippen molar-refractivity contribution in [2.45, 2.75) is 50.4 Å². The predicted octanol–water partition coefficient (Wildman–Crippen LogP) is -0.710. The molecule has 3 unspecified atom stereocenters. The van der Waals surface area contributed by atoms with E-state index in [1.54, 1.807) is 18.2 Å². The first-order chi connectivity index (χ1) is 13.8. The minimum atomic E-state index is -0.967. The van der Waals surface area contributed by atoms with E-state index in [-0.39, 0.29) is 30.0 Å². The van der Waals surface area contributed by atoms with Crippen molar-refractivity contribution in [1.82, 2.24) is 20.9 Å². The maximum absolute atomic E-state index is 12.9. The molecule has 0 saturated carbocycles. The summed E-state index contributed by atoms with van der Waals surface area (Å²) in [6, 6.07) is 3.88. The fourth-order valence-electron chi connectivity index (χ4n) is 4.16. The molecule has 29 heavy (non-hydrogen) atoms. The average Bonchev–Trinajstić information content (AvgIpc) is 3.24. The Kier molecular flexibility index (Phi) is 4.97. The van der Waals surface area contributed by atoms with E-state index in [0.29, 0.717) is 19.5 Å². The van der Waals surface area contributed by atoms with Crippen molar-refractivity contribution in [2.24, 2.45) is 0 Å². The summed E-state index contributed by atoms with van der Waals surface area (Å²) in [5, 5.41) is 19.2. The van der Waals surface area contributed by atoms with Gasteiger partial charge in [0.1, 0.15) is 6.04 Å². The number of rotatable bonds is 5. The second-order valence-electron chi connectivity index (χ2n) is 7.96. The first-order valence-electron chi connectivity index (χ1n) is 9.81. The summed E-state index contributed by atoms with van der Waals surface area (Å²) in [6.07, 6.45) is 0.891. The number of carbonyl (C=O) groups excluding carboxylic acids is 4. The standard InChI is InChI=1S/C20H24N4O5/c1-11(20(29)6-7-21-10-20)22-9-12-2-3-13-14(8-12)19(28)24(18(13)27)15-4-5-16(25)23-17(15)26/h2-3,8,11,15,21-22,29H,4-7,9-10H2,1H3,(H,23,25,26). The van der Waals surface area contributed by atoms with Gasteiger partial charge in [0, 0.05) is 25.6 Å². The van der Waals surface area contributed by atoms with Gasteiger partial charge in [-0.15, -0.1) is 0 Å². The van der Waals surface area contributed by atoms with E-state index >= 15 is 0 Å². The molecule has 4 rings (SSSR count). The van der Waals surface area contributed by atoms with Crippen molar-refractivity contribution >= 4 is 23.6 Å². The Morgan fingerprint density at radius 1 is 1.24 bits per heavy atom.